The molecule has 0 amide bonds. The van der Waals surface area contributed by atoms with E-state index in [1.807, 2.05) is 0 Å². The predicted molar refractivity (Wildman–Crippen MR) is 47.9 cm³/mol. The number of rotatable bonds is 4. The van der Waals surface area contributed by atoms with Crippen molar-refractivity contribution >= 4 is 10.1 Å². The first-order valence-corrected chi connectivity index (χ1v) is 5.46. The molecule has 1 N–H and O–H groups in total. The van der Waals surface area contributed by atoms with Gasteiger partial charge in [0.05, 0.1) is 6.33 Å². The summed E-state index contributed by atoms with van der Waals surface area (Å²) in [6.45, 7) is 1.96. The molecular weight excluding hydrogens is 192 g/mol. The summed E-state index contributed by atoms with van der Waals surface area (Å²) in [5, 5.41) is -0.748. The second-order valence-corrected chi connectivity index (χ2v) is 4.50. The highest BCUT2D eigenvalue weighted by Crippen LogP contribution is 2.06. The summed E-state index contributed by atoms with van der Waals surface area (Å²) < 4.78 is 32.1. The normalized spacial score (nSPS) is 14.3. The summed E-state index contributed by atoms with van der Waals surface area (Å²) in [4.78, 5) is 3.78. The van der Waals surface area contributed by atoms with E-state index in [4.69, 9.17) is 4.55 Å². The molecular formula is C7H12N2O3S. The molecule has 0 bridgehead atoms. The molecule has 0 fully saturated rings. The van der Waals surface area contributed by atoms with Crippen LogP contribution in [0.25, 0.3) is 0 Å². The Bertz CT molecular complexity index is 344. The van der Waals surface area contributed by atoms with Crippen LogP contribution in [0, 0.1) is 0 Å². The van der Waals surface area contributed by atoms with Gasteiger partial charge in [-0.3, -0.25) is 4.55 Å². The maximum atomic E-state index is 10.8. The highest BCUT2D eigenvalue weighted by atomic mass is 32.2. The number of hydrogen-bond acceptors (Lipinski definition) is 3. The van der Waals surface area contributed by atoms with Gasteiger partial charge in [-0.15, -0.1) is 0 Å². The van der Waals surface area contributed by atoms with Crippen molar-refractivity contribution in [2.75, 3.05) is 0 Å². The Hall–Kier alpha value is -0.880. The lowest BCUT2D eigenvalue weighted by molar-refractivity contribution is 0.451. The molecule has 0 aromatic carbocycles. The van der Waals surface area contributed by atoms with Gasteiger partial charge in [-0.1, -0.05) is 6.92 Å². The third-order valence-corrected chi connectivity index (χ3v) is 3.18. The minimum absolute atomic E-state index is 0.245. The van der Waals surface area contributed by atoms with E-state index < -0.39 is 15.4 Å². The quantitative estimate of drug-likeness (QED) is 0.727. The smallest absolute Gasteiger partial charge is 0.269 e. The standard InChI is InChI=1S/C7H12N2O3S/c1-2-7(13(10,11)12)5-9-4-3-8-6-9/h3-4,6-7H,2,5H2,1H3,(H,10,11,12). The lowest BCUT2D eigenvalue weighted by atomic mass is 10.3. The maximum absolute atomic E-state index is 10.8. The summed E-state index contributed by atoms with van der Waals surface area (Å²) >= 11 is 0. The first kappa shape index (κ1) is 10.2. The fraction of sp³-hybridized carbons (Fsp3) is 0.571. The fourth-order valence-corrected chi connectivity index (χ4v) is 1.85. The zero-order valence-electron chi connectivity index (χ0n) is 7.29. The first-order chi connectivity index (χ1) is 6.04. The van der Waals surface area contributed by atoms with Gasteiger partial charge in [0.1, 0.15) is 5.25 Å². The van der Waals surface area contributed by atoms with Crippen LogP contribution >= 0.6 is 0 Å². The van der Waals surface area contributed by atoms with Gasteiger partial charge in [-0.05, 0) is 6.42 Å². The van der Waals surface area contributed by atoms with Crippen molar-refractivity contribution in [3.8, 4) is 0 Å². The van der Waals surface area contributed by atoms with Gasteiger partial charge >= 0.3 is 0 Å². The van der Waals surface area contributed by atoms with Crippen LogP contribution in [0.5, 0.6) is 0 Å². The van der Waals surface area contributed by atoms with Gasteiger partial charge < -0.3 is 4.57 Å². The van der Waals surface area contributed by atoms with Gasteiger partial charge in [-0.25, -0.2) is 4.98 Å². The lowest BCUT2D eigenvalue weighted by Crippen LogP contribution is -2.24. The second kappa shape index (κ2) is 3.89. The summed E-state index contributed by atoms with van der Waals surface area (Å²) in [5.74, 6) is 0. The molecule has 1 unspecified atom stereocenters. The number of imidazole rings is 1. The van der Waals surface area contributed by atoms with Crippen LogP contribution in [0.1, 0.15) is 13.3 Å². The molecule has 0 saturated heterocycles. The zero-order valence-corrected chi connectivity index (χ0v) is 8.11. The van der Waals surface area contributed by atoms with Crippen LogP contribution in [-0.2, 0) is 16.7 Å². The van der Waals surface area contributed by atoms with E-state index in [9.17, 15) is 8.42 Å². The van der Waals surface area contributed by atoms with Crippen molar-refractivity contribution < 1.29 is 13.0 Å². The van der Waals surface area contributed by atoms with Crippen LogP contribution in [0.3, 0.4) is 0 Å². The molecule has 1 rings (SSSR count). The van der Waals surface area contributed by atoms with Gasteiger partial charge in [-0.2, -0.15) is 8.42 Å². The SMILES string of the molecule is CCC(Cn1ccnc1)S(=O)(=O)O. The molecule has 13 heavy (non-hydrogen) atoms. The van der Waals surface area contributed by atoms with Crippen LogP contribution in [0.4, 0.5) is 0 Å². The Morgan fingerprint density at radius 1 is 1.62 bits per heavy atom. The minimum atomic E-state index is -3.94. The van der Waals surface area contributed by atoms with Crippen molar-refractivity contribution in [3.63, 3.8) is 0 Å². The molecule has 1 heterocycles. The van der Waals surface area contributed by atoms with E-state index in [0.717, 1.165) is 0 Å². The van der Waals surface area contributed by atoms with E-state index in [0.29, 0.717) is 6.42 Å². The van der Waals surface area contributed by atoms with Gasteiger partial charge in [0.25, 0.3) is 10.1 Å². The summed E-state index contributed by atoms with van der Waals surface area (Å²) in [6, 6.07) is 0. The van der Waals surface area contributed by atoms with Gasteiger partial charge in [0, 0.05) is 18.9 Å². The Balaban J connectivity index is 2.72. The number of aromatic nitrogens is 2. The van der Waals surface area contributed by atoms with Crippen LogP contribution in [-0.4, -0.2) is 27.8 Å². The molecule has 5 nitrogen and oxygen atoms in total. The van der Waals surface area contributed by atoms with Gasteiger partial charge in [0.15, 0.2) is 0 Å². The molecule has 0 aliphatic carbocycles. The van der Waals surface area contributed by atoms with Gasteiger partial charge in [0.2, 0.25) is 0 Å². The van der Waals surface area contributed by atoms with E-state index in [1.165, 1.54) is 6.33 Å². The zero-order chi connectivity index (χ0) is 9.90. The Labute approximate surface area is 77.2 Å². The Kier molecular flexibility index (Phi) is 3.05. The van der Waals surface area contributed by atoms with E-state index >= 15 is 0 Å². The van der Waals surface area contributed by atoms with E-state index in [2.05, 4.69) is 4.98 Å². The number of nitrogens with zero attached hydrogens (tertiary/aromatic N) is 2. The maximum Gasteiger partial charge on any atom is 0.269 e. The first-order valence-electron chi connectivity index (χ1n) is 3.96. The molecule has 1 atom stereocenters. The van der Waals surface area contributed by atoms with E-state index in [1.54, 1.807) is 23.9 Å². The highest BCUT2D eigenvalue weighted by molar-refractivity contribution is 7.86. The third-order valence-electron chi connectivity index (χ3n) is 1.85. The Morgan fingerprint density at radius 2 is 2.31 bits per heavy atom. The minimum Gasteiger partial charge on any atom is -0.336 e. The number of hydrogen-bond donors (Lipinski definition) is 1. The molecule has 1 aromatic heterocycles. The van der Waals surface area contributed by atoms with Crippen LogP contribution in [0.2, 0.25) is 0 Å². The molecule has 6 heteroatoms. The highest BCUT2D eigenvalue weighted by Gasteiger charge is 2.20. The van der Waals surface area contributed by atoms with Crippen molar-refractivity contribution in [2.45, 2.75) is 25.1 Å². The van der Waals surface area contributed by atoms with Crippen molar-refractivity contribution in [1.29, 1.82) is 0 Å². The third kappa shape index (κ3) is 2.82. The summed E-state index contributed by atoms with van der Waals surface area (Å²) in [7, 11) is -3.94. The van der Waals surface area contributed by atoms with Crippen LogP contribution < -0.4 is 0 Å². The summed E-state index contributed by atoms with van der Waals surface area (Å²) in [5.41, 5.74) is 0. The topological polar surface area (TPSA) is 72.2 Å². The largest absolute Gasteiger partial charge is 0.336 e. The molecule has 0 aliphatic rings. The molecule has 1 aromatic rings. The van der Waals surface area contributed by atoms with Crippen molar-refractivity contribution in [2.24, 2.45) is 0 Å². The average Bonchev–Trinajstić information content (AvgIpc) is 2.49. The predicted octanol–water partition coefficient (Wildman–Crippen LogP) is 0.549. The molecule has 0 aliphatic heterocycles. The fourth-order valence-electron chi connectivity index (χ4n) is 1.06. The van der Waals surface area contributed by atoms with Crippen molar-refractivity contribution in [1.82, 2.24) is 9.55 Å². The van der Waals surface area contributed by atoms with Crippen LogP contribution in [0.15, 0.2) is 18.7 Å². The molecule has 0 spiro atoms. The molecule has 74 valence electrons. The lowest BCUT2D eigenvalue weighted by Gasteiger charge is -2.11. The molecule has 0 saturated carbocycles. The average molecular weight is 204 g/mol. The second-order valence-electron chi connectivity index (χ2n) is 2.80. The Morgan fingerprint density at radius 3 is 2.69 bits per heavy atom. The van der Waals surface area contributed by atoms with Crippen molar-refractivity contribution in [3.05, 3.63) is 18.7 Å². The van der Waals surface area contributed by atoms with E-state index in [-0.39, 0.29) is 6.54 Å². The molecule has 0 radical (unpaired) electrons. The monoisotopic (exact) mass is 204 g/mol. The summed E-state index contributed by atoms with van der Waals surface area (Å²) in [6.07, 6.45) is 5.13.